The smallest absolute Gasteiger partial charge is 0.228 e. The summed E-state index contributed by atoms with van der Waals surface area (Å²) in [5.41, 5.74) is 4.51. The van der Waals surface area contributed by atoms with Gasteiger partial charge < -0.3 is 20.7 Å². The molecule has 2 atom stereocenters. The van der Waals surface area contributed by atoms with Gasteiger partial charge in [0.2, 0.25) is 11.8 Å². The van der Waals surface area contributed by atoms with E-state index < -0.39 is 0 Å². The molecule has 0 unspecified atom stereocenters. The highest BCUT2D eigenvalue weighted by atomic mass is 16.5. The van der Waals surface area contributed by atoms with Crippen molar-refractivity contribution in [3.05, 3.63) is 59.2 Å². The number of nitrogens with one attached hydrogen (secondary N) is 3. The molecule has 1 saturated heterocycles. The first kappa shape index (κ1) is 20.4. The summed E-state index contributed by atoms with van der Waals surface area (Å²) in [6, 6.07) is 13.8. The number of benzene rings is 2. The lowest BCUT2D eigenvalue weighted by molar-refractivity contribution is -0.127. The van der Waals surface area contributed by atoms with E-state index in [1.807, 2.05) is 30.3 Å². The minimum absolute atomic E-state index is 0.0253. The topological polar surface area (TPSA) is 79.5 Å². The molecule has 1 aliphatic heterocycles. The van der Waals surface area contributed by atoms with Crippen LogP contribution in [0.2, 0.25) is 0 Å². The number of para-hydroxylation sites is 1. The van der Waals surface area contributed by atoms with Crippen molar-refractivity contribution in [3.8, 4) is 5.75 Å². The van der Waals surface area contributed by atoms with Crippen molar-refractivity contribution in [1.29, 1.82) is 0 Å². The number of amides is 2. The van der Waals surface area contributed by atoms with Gasteiger partial charge in [-0.25, -0.2) is 0 Å². The number of hydrogen-bond acceptors (Lipinski definition) is 4. The van der Waals surface area contributed by atoms with Crippen LogP contribution >= 0.6 is 0 Å². The molecule has 3 N–H and O–H groups in total. The van der Waals surface area contributed by atoms with Gasteiger partial charge in [0.05, 0.1) is 18.9 Å². The first-order chi connectivity index (χ1) is 14.6. The molecule has 2 amide bonds. The van der Waals surface area contributed by atoms with E-state index in [1.165, 1.54) is 17.5 Å². The van der Waals surface area contributed by atoms with Crippen LogP contribution in [0.3, 0.4) is 0 Å². The fourth-order valence-corrected chi connectivity index (χ4v) is 4.41. The van der Waals surface area contributed by atoms with E-state index in [9.17, 15) is 9.59 Å². The van der Waals surface area contributed by atoms with Gasteiger partial charge >= 0.3 is 0 Å². The van der Waals surface area contributed by atoms with E-state index in [0.717, 1.165) is 29.8 Å². The van der Waals surface area contributed by atoms with Gasteiger partial charge in [-0.2, -0.15) is 0 Å². The highest BCUT2D eigenvalue weighted by Crippen LogP contribution is 2.26. The lowest BCUT2D eigenvalue weighted by Gasteiger charge is -2.28. The summed E-state index contributed by atoms with van der Waals surface area (Å²) in [6.45, 7) is 1.58. The average Bonchev–Trinajstić information content (AvgIpc) is 3.25. The second kappa shape index (κ2) is 9.30. The zero-order chi connectivity index (χ0) is 20.9. The van der Waals surface area contributed by atoms with Crippen LogP contribution in [-0.2, 0) is 29.0 Å². The Balaban J connectivity index is 1.32. The maximum absolute atomic E-state index is 12.8. The summed E-state index contributed by atoms with van der Waals surface area (Å²) >= 11 is 0. The van der Waals surface area contributed by atoms with Gasteiger partial charge in [-0.05, 0) is 55.0 Å². The monoisotopic (exact) mass is 407 g/mol. The SMILES string of the molecule is COc1ccccc1CNC(=O)[C@@H]1CNC[C@H](C(=O)Nc2ccc3c(c2)CCC3)C1. The van der Waals surface area contributed by atoms with Gasteiger partial charge in [-0.3, -0.25) is 9.59 Å². The van der Waals surface area contributed by atoms with Crippen LogP contribution in [0.25, 0.3) is 0 Å². The first-order valence-corrected chi connectivity index (χ1v) is 10.7. The minimum atomic E-state index is -0.232. The number of carbonyl (C=O) groups excluding carboxylic acids is 2. The number of fused-ring (bicyclic) bond motifs is 1. The standard InChI is InChI=1S/C24H29N3O3/c1-30-22-8-3-2-5-18(22)15-26-23(28)19-11-20(14-25-13-19)24(29)27-21-10-9-16-6-4-7-17(16)12-21/h2-3,5,8-10,12,19-20,25H,4,6-7,11,13-15H2,1H3,(H,26,28)(H,27,29)/t19-,20+/m0/s1. The van der Waals surface area contributed by atoms with Gasteiger partial charge in [-0.15, -0.1) is 0 Å². The normalized spacial score (nSPS) is 20.3. The van der Waals surface area contributed by atoms with Crippen molar-refractivity contribution in [1.82, 2.24) is 10.6 Å². The Bertz CT molecular complexity index is 928. The largest absolute Gasteiger partial charge is 0.496 e. The van der Waals surface area contributed by atoms with Gasteiger partial charge in [-0.1, -0.05) is 24.3 Å². The lowest BCUT2D eigenvalue weighted by atomic mass is 9.89. The zero-order valence-corrected chi connectivity index (χ0v) is 17.4. The molecule has 30 heavy (non-hydrogen) atoms. The van der Waals surface area contributed by atoms with Crippen LogP contribution in [-0.4, -0.2) is 32.0 Å². The zero-order valence-electron chi connectivity index (χ0n) is 17.4. The van der Waals surface area contributed by atoms with Crippen molar-refractivity contribution >= 4 is 17.5 Å². The molecule has 2 aromatic rings. The number of anilines is 1. The summed E-state index contributed by atoms with van der Waals surface area (Å²) in [4.78, 5) is 25.5. The highest BCUT2D eigenvalue weighted by Gasteiger charge is 2.31. The summed E-state index contributed by atoms with van der Waals surface area (Å²) in [5, 5.41) is 9.29. The third-order valence-electron chi connectivity index (χ3n) is 6.10. The number of methoxy groups -OCH3 is 1. The van der Waals surface area contributed by atoms with E-state index >= 15 is 0 Å². The molecule has 2 aliphatic rings. The predicted molar refractivity (Wildman–Crippen MR) is 116 cm³/mol. The van der Waals surface area contributed by atoms with E-state index in [4.69, 9.17) is 4.74 Å². The Morgan fingerprint density at radius 2 is 1.80 bits per heavy atom. The first-order valence-electron chi connectivity index (χ1n) is 10.7. The number of hydrogen-bond donors (Lipinski definition) is 3. The molecule has 2 aromatic carbocycles. The van der Waals surface area contributed by atoms with Crippen molar-refractivity contribution in [2.45, 2.75) is 32.2 Å². The molecule has 0 bridgehead atoms. The van der Waals surface area contributed by atoms with Crippen LogP contribution in [0.1, 0.15) is 29.5 Å². The summed E-state index contributed by atoms with van der Waals surface area (Å²) in [7, 11) is 1.62. The molecule has 1 fully saturated rings. The van der Waals surface area contributed by atoms with E-state index in [-0.39, 0.29) is 23.7 Å². The average molecular weight is 408 g/mol. The molecular formula is C24H29N3O3. The van der Waals surface area contributed by atoms with Crippen molar-refractivity contribution in [2.24, 2.45) is 11.8 Å². The fraction of sp³-hybridized carbons (Fsp3) is 0.417. The Labute approximate surface area is 177 Å². The third kappa shape index (κ3) is 4.65. The maximum Gasteiger partial charge on any atom is 0.228 e. The van der Waals surface area contributed by atoms with Crippen LogP contribution < -0.4 is 20.7 Å². The summed E-state index contributed by atoms with van der Waals surface area (Å²) in [5.74, 6) is 0.232. The van der Waals surface area contributed by atoms with E-state index in [0.29, 0.717) is 26.1 Å². The van der Waals surface area contributed by atoms with Crippen LogP contribution in [0.15, 0.2) is 42.5 Å². The molecule has 6 heteroatoms. The van der Waals surface area contributed by atoms with Crippen molar-refractivity contribution in [3.63, 3.8) is 0 Å². The number of ether oxygens (including phenoxy) is 1. The van der Waals surface area contributed by atoms with Crippen LogP contribution in [0, 0.1) is 11.8 Å². The molecule has 1 heterocycles. The molecule has 0 radical (unpaired) electrons. The van der Waals surface area contributed by atoms with Gasteiger partial charge in [0, 0.05) is 30.9 Å². The number of aryl methyl sites for hydroxylation is 2. The molecule has 0 saturated carbocycles. The number of carbonyl (C=O) groups is 2. The molecule has 4 rings (SSSR count). The quantitative estimate of drug-likeness (QED) is 0.688. The number of piperidine rings is 1. The molecule has 158 valence electrons. The van der Waals surface area contributed by atoms with E-state index in [1.54, 1.807) is 7.11 Å². The summed E-state index contributed by atoms with van der Waals surface area (Å²) in [6.07, 6.45) is 3.94. The fourth-order valence-electron chi connectivity index (χ4n) is 4.41. The van der Waals surface area contributed by atoms with Crippen molar-refractivity contribution < 1.29 is 14.3 Å². The predicted octanol–water partition coefficient (Wildman–Crippen LogP) is 2.66. The molecule has 0 aromatic heterocycles. The van der Waals surface area contributed by atoms with Gasteiger partial charge in [0.15, 0.2) is 0 Å². The third-order valence-corrected chi connectivity index (χ3v) is 6.10. The maximum atomic E-state index is 12.8. The Hall–Kier alpha value is -2.86. The highest BCUT2D eigenvalue weighted by molar-refractivity contribution is 5.93. The Morgan fingerprint density at radius 1 is 1.03 bits per heavy atom. The molecule has 6 nitrogen and oxygen atoms in total. The van der Waals surface area contributed by atoms with Crippen LogP contribution in [0.5, 0.6) is 5.75 Å². The van der Waals surface area contributed by atoms with Gasteiger partial charge in [0.1, 0.15) is 5.75 Å². The Kier molecular flexibility index (Phi) is 6.33. The lowest BCUT2D eigenvalue weighted by Crippen LogP contribution is -2.47. The summed E-state index contributed by atoms with van der Waals surface area (Å²) < 4.78 is 5.34. The second-order valence-corrected chi connectivity index (χ2v) is 8.14. The Morgan fingerprint density at radius 3 is 2.63 bits per heavy atom. The number of rotatable bonds is 6. The van der Waals surface area contributed by atoms with Crippen molar-refractivity contribution in [2.75, 3.05) is 25.5 Å². The second-order valence-electron chi connectivity index (χ2n) is 8.14. The van der Waals surface area contributed by atoms with Gasteiger partial charge in [0.25, 0.3) is 0 Å². The molecular weight excluding hydrogens is 378 g/mol. The van der Waals surface area contributed by atoms with E-state index in [2.05, 4.69) is 28.1 Å². The molecule has 0 spiro atoms. The van der Waals surface area contributed by atoms with Crippen LogP contribution in [0.4, 0.5) is 5.69 Å². The minimum Gasteiger partial charge on any atom is -0.496 e. The molecule has 1 aliphatic carbocycles.